The topological polar surface area (TPSA) is 61.6 Å². The number of thioether (sulfide) groups is 1. The van der Waals surface area contributed by atoms with E-state index in [1.54, 1.807) is 11.8 Å². The number of nitriles is 1. The number of nitrogens with zero attached hydrogens (tertiary/aromatic N) is 3. The van der Waals surface area contributed by atoms with E-state index in [1.165, 1.54) is 11.5 Å². The van der Waals surface area contributed by atoms with Gasteiger partial charge in [0.05, 0.1) is 6.07 Å². The van der Waals surface area contributed by atoms with Crippen LogP contribution in [0, 0.1) is 11.3 Å². The Morgan fingerprint density at radius 2 is 2.20 bits per heavy atom. The predicted octanol–water partition coefficient (Wildman–Crippen LogP) is 3.64. The van der Waals surface area contributed by atoms with Crippen molar-refractivity contribution in [2.45, 2.75) is 69.3 Å². The average molecular weight is 313 g/mol. The third kappa shape index (κ3) is 5.39. The first-order valence-corrected chi connectivity index (χ1v) is 8.95. The molecule has 0 aliphatic carbocycles. The molecule has 0 spiro atoms. The molecule has 1 rings (SSSR count). The van der Waals surface area contributed by atoms with Crippen LogP contribution in [-0.4, -0.2) is 26.7 Å². The van der Waals surface area contributed by atoms with Crippen molar-refractivity contribution >= 4 is 23.3 Å². The minimum absolute atomic E-state index is 0.331. The smallest absolute Gasteiger partial charge is 0.170 e. The highest BCUT2D eigenvalue weighted by molar-refractivity contribution is 8.00. The van der Waals surface area contributed by atoms with E-state index in [9.17, 15) is 5.26 Å². The Kier molecular flexibility index (Phi) is 7.49. The maximum atomic E-state index is 9.44. The van der Waals surface area contributed by atoms with E-state index < -0.39 is 0 Å². The monoisotopic (exact) mass is 312 g/mol. The average Bonchev–Trinajstić information content (AvgIpc) is 2.90. The summed E-state index contributed by atoms with van der Waals surface area (Å²) < 4.78 is 5.32. The molecule has 0 aliphatic rings. The van der Waals surface area contributed by atoms with Crippen molar-refractivity contribution in [3.8, 4) is 6.07 Å². The summed E-state index contributed by atoms with van der Waals surface area (Å²) in [4.78, 5) is 4.44. The minimum atomic E-state index is -0.384. The van der Waals surface area contributed by atoms with Crippen molar-refractivity contribution in [2.75, 3.05) is 5.75 Å². The molecular weight excluding hydrogens is 288 g/mol. The molecular formula is C14H24N4S2. The fraction of sp³-hybridized carbons (Fsp3) is 0.786. The van der Waals surface area contributed by atoms with E-state index >= 15 is 0 Å². The molecule has 0 amide bonds. The fourth-order valence-electron chi connectivity index (χ4n) is 2.04. The molecule has 0 radical (unpaired) electrons. The van der Waals surface area contributed by atoms with Crippen molar-refractivity contribution < 1.29 is 0 Å². The molecule has 0 aliphatic heterocycles. The van der Waals surface area contributed by atoms with Gasteiger partial charge in [-0.2, -0.15) is 9.64 Å². The summed E-state index contributed by atoms with van der Waals surface area (Å²) in [5.74, 6) is 1.92. The molecule has 1 N–H and O–H groups in total. The van der Waals surface area contributed by atoms with E-state index in [4.69, 9.17) is 0 Å². The highest BCUT2D eigenvalue weighted by Gasteiger charge is 2.27. The Morgan fingerprint density at radius 3 is 2.70 bits per heavy atom. The summed E-state index contributed by atoms with van der Waals surface area (Å²) in [5.41, 5.74) is -0.384. The van der Waals surface area contributed by atoms with Gasteiger partial charge in [-0.3, -0.25) is 5.32 Å². The molecule has 0 aromatic carbocycles. The van der Waals surface area contributed by atoms with E-state index in [0.717, 1.165) is 41.6 Å². The largest absolute Gasteiger partial charge is 0.297 e. The minimum Gasteiger partial charge on any atom is -0.297 e. The SMILES string of the molecule is CCc1nsc(SCCCC(C#N)(CC)NC(C)C)n1. The van der Waals surface area contributed by atoms with Gasteiger partial charge in [-0.05, 0) is 44.6 Å². The maximum absolute atomic E-state index is 9.44. The second-order valence-corrected chi connectivity index (χ2v) is 7.22. The van der Waals surface area contributed by atoms with E-state index in [1.807, 2.05) is 0 Å². The van der Waals surface area contributed by atoms with Gasteiger partial charge in [0.2, 0.25) is 0 Å². The predicted molar refractivity (Wildman–Crippen MR) is 86.2 cm³/mol. The van der Waals surface area contributed by atoms with Crippen LogP contribution in [0.1, 0.15) is 52.8 Å². The molecule has 112 valence electrons. The zero-order chi connectivity index (χ0) is 15.0. The lowest BCUT2D eigenvalue weighted by molar-refractivity contribution is 0.341. The third-order valence-electron chi connectivity index (χ3n) is 3.12. The molecule has 0 fully saturated rings. The Hall–Kier alpha value is -0.640. The van der Waals surface area contributed by atoms with Gasteiger partial charge in [0.15, 0.2) is 4.34 Å². The third-order valence-corrected chi connectivity index (χ3v) is 5.08. The molecule has 20 heavy (non-hydrogen) atoms. The van der Waals surface area contributed by atoms with Crippen LogP contribution in [0.2, 0.25) is 0 Å². The molecule has 1 unspecified atom stereocenters. The van der Waals surface area contributed by atoms with E-state index in [2.05, 4.69) is 48.4 Å². The van der Waals surface area contributed by atoms with Crippen LogP contribution in [0.25, 0.3) is 0 Å². The number of hydrogen-bond donors (Lipinski definition) is 1. The van der Waals surface area contributed by atoms with Crippen LogP contribution in [0.4, 0.5) is 0 Å². The standard InChI is InChI=1S/C14H24N4S2/c1-5-12-16-13(20-18-12)19-9-7-8-14(6-2,10-15)17-11(3)4/h11,17H,5-9H2,1-4H3. The van der Waals surface area contributed by atoms with Gasteiger partial charge in [0.1, 0.15) is 11.4 Å². The lowest BCUT2D eigenvalue weighted by Gasteiger charge is -2.29. The van der Waals surface area contributed by atoms with Crippen LogP contribution in [-0.2, 0) is 6.42 Å². The molecule has 1 aromatic rings. The Morgan fingerprint density at radius 1 is 1.45 bits per heavy atom. The lowest BCUT2D eigenvalue weighted by atomic mass is 9.91. The second-order valence-electron chi connectivity index (χ2n) is 5.13. The van der Waals surface area contributed by atoms with Crippen LogP contribution >= 0.6 is 23.3 Å². The molecule has 6 heteroatoms. The zero-order valence-electron chi connectivity index (χ0n) is 12.8. The fourth-order valence-corrected chi connectivity index (χ4v) is 3.75. The molecule has 1 heterocycles. The summed E-state index contributed by atoms with van der Waals surface area (Å²) in [6.45, 7) is 8.31. The van der Waals surface area contributed by atoms with Crippen LogP contribution in [0.5, 0.6) is 0 Å². The molecule has 4 nitrogen and oxygen atoms in total. The van der Waals surface area contributed by atoms with Crippen molar-refractivity contribution in [2.24, 2.45) is 0 Å². The van der Waals surface area contributed by atoms with Gasteiger partial charge in [-0.15, -0.1) is 0 Å². The first-order valence-electron chi connectivity index (χ1n) is 7.19. The normalized spacial score (nSPS) is 14.2. The van der Waals surface area contributed by atoms with E-state index in [-0.39, 0.29) is 5.54 Å². The van der Waals surface area contributed by atoms with Gasteiger partial charge in [0.25, 0.3) is 0 Å². The van der Waals surface area contributed by atoms with Crippen LogP contribution in [0.3, 0.4) is 0 Å². The maximum Gasteiger partial charge on any atom is 0.170 e. The van der Waals surface area contributed by atoms with E-state index in [0.29, 0.717) is 6.04 Å². The first-order chi connectivity index (χ1) is 9.55. The summed E-state index contributed by atoms with van der Waals surface area (Å²) in [7, 11) is 0. The van der Waals surface area contributed by atoms with Crippen LogP contribution in [0.15, 0.2) is 4.34 Å². The number of aromatic nitrogens is 2. The quantitative estimate of drug-likeness (QED) is 0.557. The van der Waals surface area contributed by atoms with Gasteiger partial charge >= 0.3 is 0 Å². The van der Waals surface area contributed by atoms with Gasteiger partial charge < -0.3 is 0 Å². The molecule has 0 saturated carbocycles. The summed E-state index contributed by atoms with van der Waals surface area (Å²) in [5, 5.41) is 12.8. The second kappa shape index (κ2) is 8.60. The Bertz CT molecular complexity index is 439. The summed E-state index contributed by atoms with van der Waals surface area (Å²) in [6.07, 6.45) is 3.62. The number of hydrogen-bond acceptors (Lipinski definition) is 6. The van der Waals surface area contributed by atoms with Crippen LogP contribution < -0.4 is 5.32 Å². The van der Waals surface area contributed by atoms with Gasteiger partial charge in [0, 0.05) is 18.2 Å². The molecule has 1 atom stereocenters. The summed E-state index contributed by atoms with van der Waals surface area (Å²) in [6, 6.07) is 2.79. The number of nitrogens with one attached hydrogen (secondary N) is 1. The first kappa shape index (κ1) is 17.4. The molecule has 0 saturated heterocycles. The van der Waals surface area contributed by atoms with Crippen molar-refractivity contribution in [1.82, 2.24) is 14.7 Å². The van der Waals surface area contributed by atoms with Gasteiger partial charge in [-0.1, -0.05) is 25.6 Å². The van der Waals surface area contributed by atoms with Gasteiger partial charge in [-0.25, -0.2) is 4.98 Å². The van der Waals surface area contributed by atoms with Crippen molar-refractivity contribution in [3.63, 3.8) is 0 Å². The summed E-state index contributed by atoms with van der Waals surface area (Å²) >= 11 is 3.22. The number of aryl methyl sites for hydroxylation is 1. The Balaban J connectivity index is 2.39. The van der Waals surface area contributed by atoms with Crippen molar-refractivity contribution in [1.29, 1.82) is 5.26 Å². The molecule has 0 bridgehead atoms. The number of rotatable bonds is 9. The zero-order valence-corrected chi connectivity index (χ0v) is 14.4. The highest BCUT2D eigenvalue weighted by atomic mass is 32.2. The highest BCUT2D eigenvalue weighted by Crippen LogP contribution is 2.24. The van der Waals surface area contributed by atoms with Crippen molar-refractivity contribution in [3.05, 3.63) is 5.82 Å². The Labute approximate surface area is 130 Å². The molecule has 1 aromatic heterocycles. The lowest BCUT2D eigenvalue weighted by Crippen LogP contribution is -2.47.